The number of allylic oxidation sites excluding steroid dienone is 1. The molecular formula is C9H17N3. The van der Waals surface area contributed by atoms with Crippen molar-refractivity contribution in [3.05, 3.63) is 11.9 Å². The zero-order valence-corrected chi connectivity index (χ0v) is 7.64. The summed E-state index contributed by atoms with van der Waals surface area (Å²) in [5, 5.41) is 2.23. The van der Waals surface area contributed by atoms with Crippen molar-refractivity contribution in [3.8, 4) is 0 Å². The van der Waals surface area contributed by atoms with E-state index in [0.717, 1.165) is 12.5 Å². The molecule has 0 aromatic carbocycles. The van der Waals surface area contributed by atoms with E-state index in [9.17, 15) is 0 Å². The second kappa shape index (κ2) is 3.35. The van der Waals surface area contributed by atoms with Crippen LogP contribution in [0.5, 0.6) is 0 Å². The quantitative estimate of drug-likeness (QED) is 0.652. The predicted octanol–water partition coefficient (Wildman–Crippen LogP) is 1.51. The van der Waals surface area contributed by atoms with E-state index < -0.39 is 0 Å². The van der Waals surface area contributed by atoms with E-state index in [0.29, 0.717) is 0 Å². The number of nitrogens with one attached hydrogen (secondary N) is 2. The van der Waals surface area contributed by atoms with Gasteiger partial charge in [-0.25, -0.2) is 0 Å². The van der Waals surface area contributed by atoms with Gasteiger partial charge in [-0.05, 0) is 19.3 Å². The lowest BCUT2D eigenvalue weighted by Gasteiger charge is -2.22. The maximum atomic E-state index is 3.19. The Morgan fingerprint density at radius 3 is 2.83 bits per heavy atom. The Morgan fingerprint density at radius 2 is 2.25 bits per heavy atom. The summed E-state index contributed by atoms with van der Waals surface area (Å²) in [7, 11) is 0. The van der Waals surface area contributed by atoms with E-state index in [1.54, 1.807) is 0 Å². The lowest BCUT2D eigenvalue weighted by molar-refractivity contribution is 0.198. The second-order valence-corrected chi connectivity index (χ2v) is 3.59. The van der Waals surface area contributed by atoms with Crippen LogP contribution in [-0.2, 0) is 0 Å². The summed E-state index contributed by atoms with van der Waals surface area (Å²) in [5.41, 5.74) is 7.65. The Bertz CT molecular complexity index is 182. The normalized spacial score (nSPS) is 24.4. The van der Waals surface area contributed by atoms with Gasteiger partial charge in [-0.15, -0.1) is 5.53 Å². The predicted molar refractivity (Wildman–Crippen MR) is 48.7 cm³/mol. The van der Waals surface area contributed by atoms with Crippen molar-refractivity contribution in [2.45, 2.75) is 45.1 Å². The Kier molecular flexibility index (Phi) is 2.21. The molecule has 0 radical (unpaired) electrons. The largest absolute Gasteiger partial charge is 0.306 e. The van der Waals surface area contributed by atoms with Crippen LogP contribution in [0.2, 0.25) is 0 Å². The maximum Gasteiger partial charge on any atom is 0.0466 e. The van der Waals surface area contributed by atoms with Crippen LogP contribution in [0.15, 0.2) is 11.9 Å². The van der Waals surface area contributed by atoms with Gasteiger partial charge in [-0.2, -0.15) is 0 Å². The van der Waals surface area contributed by atoms with Crippen LogP contribution in [0, 0.1) is 0 Å². The van der Waals surface area contributed by atoms with Crippen molar-refractivity contribution < 1.29 is 0 Å². The lowest BCUT2D eigenvalue weighted by atomic mass is 10.2. The molecule has 1 heterocycles. The molecule has 2 N–H and O–H groups in total. The molecule has 2 aliphatic rings. The van der Waals surface area contributed by atoms with Crippen molar-refractivity contribution in [3.63, 3.8) is 0 Å². The van der Waals surface area contributed by atoms with Gasteiger partial charge in [-0.1, -0.05) is 19.8 Å². The van der Waals surface area contributed by atoms with Gasteiger partial charge in [0.1, 0.15) is 0 Å². The summed E-state index contributed by atoms with van der Waals surface area (Å²) in [6.45, 7) is 2.17. The molecule has 0 amide bonds. The van der Waals surface area contributed by atoms with Crippen LogP contribution >= 0.6 is 0 Å². The van der Waals surface area contributed by atoms with Gasteiger partial charge in [0.05, 0.1) is 0 Å². The second-order valence-electron chi connectivity index (χ2n) is 3.59. The van der Waals surface area contributed by atoms with Crippen LogP contribution in [-0.4, -0.2) is 11.1 Å². The SMILES string of the molecule is CCC1=CN(C2CCCC2)NN1. The van der Waals surface area contributed by atoms with E-state index in [4.69, 9.17) is 0 Å². The van der Waals surface area contributed by atoms with E-state index in [2.05, 4.69) is 29.1 Å². The van der Waals surface area contributed by atoms with Crippen LogP contribution in [0.3, 0.4) is 0 Å². The van der Waals surface area contributed by atoms with Gasteiger partial charge in [0.2, 0.25) is 0 Å². The van der Waals surface area contributed by atoms with Gasteiger partial charge < -0.3 is 5.43 Å². The van der Waals surface area contributed by atoms with Gasteiger partial charge in [0.25, 0.3) is 0 Å². The van der Waals surface area contributed by atoms with Gasteiger partial charge in [0, 0.05) is 17.9 Å². The summed E-state index contributed by atoms with van der Waals surface area (Å²) in [5.74, 6) is 0. The molecule has 0 aromatic rings. The first-order valence-electron chi connectivity index (χ1n) is 4.91. The minimum absolute atomic E-state index is 0.724. The average molecular weight is 167 g/mol. The molecule has 68 valence electrons. The minimum Gasteiger partial charge on any atom is -0.306 e. The monoisotopic (exact) mass is 167 g/mol. The van der Waals surface area contributed by atoms with Crippen molar-refractivity contribution in [1.29, 1.82) is 0 Å². The first-order valence-corrected chi connectivity index (χ1v) is 4.91. The molecule has 3 nitrogen and oxygen atoms in total. The topological polar surface area (TPSA) is 27.3 Å². The molecule has 3 heteroatoms. The van der Waals surface area contributed by atoms with Crippen LogP contribution in [0.1, 0.15) is 39.0 Å². The highest BCUT2D eigenvalue weighted by Crippen LogP contribution is 2.23. The fourth-order valence-electron chi connectivity index (χ4n) is 1.93. The van der Waals surface area contributed by atoms with Crippen LogP contribution in [0.25, 0.3) is 0 Å². The van der Waals surface area contributed by atoms with E-state index >= 15 is 0 Å². The molecule has 1 aliphatic carbocycles. The van der Waals surface area contributed by atoms with Gasteiger partial charge in [-0.3, -0.25) is 5.01 Å². The lowest BCUT2D eigenvalue weighted by Crippen LogP contribution is -2.41. The van der Waals surface area contributed by atoms with Crippen molar-refractivity contribution >= 4 is 0 Å². The van der Waals surface area contributed by atoms with E-state index in [1.165, 1.54) is 31.4 Å². The van der Waals surface area contributed by atoms with Crippen molar-refractivity contribution in [2.24, 2.45) is 0 Å². The highest BCUT2D eigenvalue weighted by atomic mass is 15.7. The fourth-order valence-corrected chi connectivity index (χ4v) is 1.93. The Morgan fingerprint density at radius 1 is 1.50 bits per heavy atom. The molecule has 0 saturated heterocycles. The molecule has 1 aliphatic heterocycles. The highest BCUT2D eigenvalue weighted by molar-refractivity contribution is 5.02. The molecule has 0 unspecified atom stereocenters. The summed E-state index contributed by atoms with van der Waals surface area (Å²) in [6.07, 6.45) is 8.73. The summed E-state index contributed by atoms with van der Waals surface area (Å²) in [6, 6.07) is 0.724. The fraction of sp³-hybridized carbons (Fsp3) is 0.778. The number of hydrogen-bond donors (Lipinski definition) is 2. The first-order chi connectivity index (χ1) is 5.90. The molecule has 2 rings (SSSR count). The zero-order chi connectivity index (χ0) is 8.39. The molecule has 1 fully saturated rings. The van der Waals surface area contributed by atoms with Gasteiger partial charge in [0.15, 0.2) is 0 Å². The molecular weight excluding hydrogens is 150 g/mol. The summed E-state index contributed by atoms with van der Waals surface area (Å²) in [4.78, 5) is 0. The summed E-state index contributed by atoms with van der Waals surface area (Å²) >= 11 is 0. The van der Waals surface area contributed by atoms with Gasteiger partial charge >= 0.3 is 0 Å². The third-order valence-electron chi connectivity index (χ3n) is 2.74. The van der Waals surface area contributed by atoms with E-state index in [-0.39, 0.29) is 0 Å². The number of rotatable bonds is 2. The third-order valence-corrected chi connectivity index (χ3v) is 2.74. The standard InChI is InChI=1S/C9H17N3/c1-2-8-7-12(11-10-8)9-5-3-4-6-9/h7,9-11H,2-6H2,1H3. The minimum atomic E-state index is 0.724. The van der Waals surface area contributed by atoms with Crippen molar-refractivity contribution in [2.75, 3.05) is 0 Å². The maximum absolute atomic E-state index is 3.19. The third kappa shape index (κ3) is 1.41. The number of hydrazine groups is 2. The molecule has 0 bridgehead atoms. The zero-order valence-electron chi connectivity index (χ0n) is 7.64. The summed E-state index contributed by atoms with van der Waals surface area (Å²) < 4.78 is 0. The molecule has 0 atom stereocenters. The molecule has 12 heavy (non-hydrogen) atoms. The number of nitrogens with zero attached hydrogens (tertiary/aromatic N) is 1. The Labute approximate surface area is 73.8 Å². The van der Waals surface area contributed by atoms with Crippen LogP contribution < -0.4 is 11.0 Å². The average Bonchev–Trinajstić information content (AvgIpc) is 2.75. The van der Waals surface area contributed by atoms with Crippen LogP contribution in [0.4, 0.5) is 0 Å². The Hall–Kier alpha value is -0.700. The van der Waals surface area contributed by atoms with Crippen molar-refractivity contribution in [1.82, 2.24) is 16.0 Å². The Balaban J connectivity index is 1.93. The smallest absolute Gasteiger partial charge is 0.0466 e. The molecule has 1 saturated carbocycles. The number of hydrogen-bond acceptors (Lipinski definition) is 3. The van der Waals surface area contributed by atoms with E-state index in [1.807, 2.05) is 0 Å². The molecule has 0 spiro atoms. The molecule has 0 aromatic heterocycles. The highest BCUT2D eigenvalue weighted by Gasteiger charge is 2.23. The first kappa shape index (κ1) is 7.92.